The molecule has 1 aliphatic rings. The number of esters is 1. The Bertz CT molecular complexity index is 336. The van der Waals surface area contributed by atoms with Gasteiger partial charge >= 0.3 is 12.1 Å². The van der Waals surface area contributed by atoms with Crippen LogP contribution in [0.25, 0.3) is 0 Å². The van der Waals surface area contributed by atoms with Crippen LogP contribution in [-0.4, -0.2) is 30.5 Å². The number of nitrogens with zero attached hydrogens (tertiary/aromatic N) is 1. The first-order valence-corrected chi connectivity index (χ1v) is 5.44. The predicted octanol–water partition coefficient (Wildman–Crippen LogP) is 1.45. The number of nitrogens with one attached hydrogen (secondary N) is 1. The minimum absolute atomic E-state index is 0.126. The highest BCUT2D eigenvalue weighted by Crippen LogP contribution is 2.25. The van der Waals surface area contributed by atoms with E-state index in [1.54, 1.807) is 20.8 Å². The lowest BCUT2D eigenvalue weighted by Gasteiger charge is -2.25. The summed E-state index contributed by atoms with van der Waals surface area (Å²) in [7, 11) is 1.36. The molecule has 0 aromatic heterocycles. The summed E-state index contributed by atoms with van der Waals surface area (Å²) in [5.74, 6) is -0.361. The summed E-state index contributed by atoms with van der Waals surface area (Å²) in [5, 5.41) is 3.86. The van der Waals surface area contributed by atoms with Gasteiger partial charge in [-0.05, 0) is 20.8 Å². The Hall–Kier alpha value is -1.59. The van der Waals surface area contributed by atoms with E-state index in [4.69, 9.17) is 4.74 Å². The molecule has 0 spiro atoms. The highest BCUT2D eigenvalue weighted by atomic mass is 16.6. The fraction of sp³-hybridized carbons (Fsp3) is 0.727. The number of hydrogen-bond acceptors (Lipinski definition) is 5. The molecule has 0 aromatic rings. The third-order valence-corrected chi connectivity index (χ3v) is 2.20. The van der Waals surface area contributed by atoms with Crippen LogP contribution in [0.3, 0.4) is 0 Å². The Morgan fingerprint density at radius 1 is 1.35 bits per heavy atom. The first-order valence-electron chi connectivity index (χ1n) is 5.44. The summed E-state index contributed by atoms with van der Waals surface area (Å²) in [6, 6.07) is 0. The second-order valence-corrected chi connectivity index (χ2v) is 4.92. The van der Waals surface area contributed by atoms with Crippen LogP contribution in [0.2, 0.25) is 0 Å². The molecule has 0 atom stereocenters. The van der Waals surface area contributed by atoms with Crippen molar-refractivity contribution in [1.29, 1.82) is 0 Å². The van der Waals surface area contributed by atoms with Gasteiger partial charge in [-0.2, -0.15) is 5.10 Å². The van der Waals surface area contributed by atoms with E-state index in [0.29, 0.717) is 12.8 Å². The second kappa shape index (κ2) is 5.16. The number of hydrazone groups is 1. The van der Waals surface area contributed by atoms with Crippen molar-refractivity contribution in [3.63, 3.8) is 0 Å². The molecule has 1 saturated carbocycles. The zero-order chi connectivity index (χ0) is 13.1. The van der Waals surface area contributed by atoms with Crippen LogP contribution in [0.5, 0.6) is 0 Å². The molecule has 0 aromatic carbocycles. The SMILES string of the molecule is COC(=O)C1CC(=NNC(=O)OC(C)(C)C)C1. The molecular formula is C11H18N2O4. The van der Waals surface area contributed by atoms with Gasteiger partial charge in [0.2, 0.25) is 0 Å². The highest BCUT2D eigenvalue weighted by molar-refractivity contribution is 5.98. The van der Waals surface area contributed by atoms with E-state index in [1.165, 1.54) is 7.11 Å². The van der Waals surface area contributed by atoms with Crippen molar-refractivity contribution >= 4 is 17.8 Å². The monoisotopic (exact) mass is 242 g/mol. The molecule has 0 radical (unpaired) electrons. The molecule has 17 heavy (non-hydrogen) atoms. The second-order valence-electron chi connectivity index (χ2n) is 4.92. The first kappa shape index (κ1) is 13.5. The molecule has 1 fully saturated rings. The molecule has 96 valence electrons. The number of rotatable bonds is 2. The van der Waals surface area contributed by atoms with E-state index >= 15 is 0 Å². The zero-order valence-corrected chi connectivity index (χ0v) is 10.6. The van der Waals surface area contributed by atoms with Crippen LogP contribution in [0.15, 0.2) is 5.10 Å². The summed E-state index contributed by atoms with van der Waals surface area (Å²) < 4.78 is 9.59. The minimum Gasteiger partial charge on any atom is -0.469 e. The van der Waals surface area contributed by atoms with Crippen LogP contribution >= 0.6 is 0 Å². The number of carbonyl (C=O) groups is 2. The number of methoxy groups -OCH3 is 1. The Balaban J connectivity index is 2.29. The van der Waals surface area contributed by atoms with Gasteiger partial charge in [0.25, 0.3) is 0 Å². The van der Waals surface area contributed by atoms with E-state index < -0.39 is 11.7 Å². The quantitative estimate of drug-likeness (QED) is 0.587. The van der Waals surface area contributed by atoms with Crippen molar-refractivity contribution in [1.82, 2.24) is 5.43 Å². The van der Waals surface area contributed by atoms with E-state index in [-0.39, 0.29) is 11.9 Å². The summed E-state index contributed by atoms with van der Waals surface area (Å²) in [4.78, 5) is 22.3. The molecule has 1 aliphatic carbocycles. The molecule has 1 rings (SSSR count). The standard InChI is InChI=1S/C11H18N2O4/c1-11(2,3)17-10(15)13-12-8-5-7(6-8)9(14)16-4/h7H,5-6H2,1-4H3,(H,13,15). The van der Waals surface area contributed by atoms with Crippen molar-refractivity contribution in [3.05, 3.63) is 0 Å². The van der Waals surface area contributed by atoms with Gasteiger partial charge in [-0.25, -0.2) is 10.2 Å². The van der Waals surface area contributed by atoms with E-state index in [2.05, 4.69) is 15.3 Å². The van der Waals surface area contributed by atoms with Gasteiger partial charge in [0.15, 0.2) is 0 Å². The molecule has 0 heterocycles. The largest absolute Gasteiger partial charge is 0.469 e. The van der Waals surface area contributed by atoms with Gasteiger partial charge in [-0.15, -0.1) is 0 Å². The van der Waals surface area contributed by atoms with Crippen molar-refractivity contribution in [2.75, 3.05) is 7.11 Å². The average Bonchev–Trinajstić information content (AvgIpc) is 2.11. The predicted molar refractivity (Wildman–Crippen MR) is 61.5 cm³/mol. The van der Waals surface area contributed by atoms with Gasteiger partial charge in [0, 0.05) is 18.6 Å². The van der Waals surface area contributed by atoms with Crippen LogP contribution < -0.4 is 5.43 Å². The molecule has 1 amide bonds. The maximum Gasteiger partial charge on any atom is 0.428 e. The third-order valence-electron chi connectivity index (χ3n) is 2.20. The van der Waals surface area contributed by atoms with Gasteiger partial charge in [-0.1, -0.05) is 0 Å². The van der Waals surface area contributed by atoms with Gasteiger partial charge in [0.05, 0.1) is 13.0 Å². The van der Waals surface area contributed by atoms with Gasteiger partial charge < -0.3 is 9.47 Å². The topological polar surface area (TPSA) is 77.0 Å². The van der Waals surface area contributed by atoms with Gasteiger partial charge in [-0.3, -0.25) is 4.79 Å². The molecule has 0 aliphatic heterocycles. The summed E-state index contributed by atoms with van der Waals surface area (Å²) in [6.07, 6.45) is 0.469. The minimum atomic E-state index is -0.591. The Labute approximate surface area is 100 Å². The summed E-state index contributed by atoms with van der Waals surface area (Å²) in [6.45, 7) is 5.32. The first-order chi connectivity index (χ1) is 7.81. The van der Waals surface area contributed by atoms with Crippen LogP contribution in [0, 0.1) is 5.92 Å². The Kier molecular flexibility index (Phi) is 4.09. The van der Waals surface area contributed by atoms with Gasteiger partial charge in [0.1, 0.15) is 5.60 Å². The van der Waals surface area contributed by atoms with E-state index in [9.17, 15) is 9.59 Å². The zero-order valence-electron chi connectivity index (χ0n) is 10.6. The molecular weight excluding hydrogens is 224 g/mol. The van der Waals surface area contributed by atoms with Crippen molar-refractivity contribution in [2.24, 2.45) is 11.0 Å². The van der Waals surface area contributed by atoms with Crippen LogP contribution in [-0.2, 0) is 14.3 Å². The molecule has 0 saturated heterocycles. The fourth-order valence-electron chi connectivity index (χ4n) is 1.36. The lowest BCUT2D eigenvalue weighted by Crippen LogP contribution is -2.35. The van der Waals surface area contributed by atoms with Crippen molar-refractivity contribution in [2.45, 2.75) is 39.2 Å². The summed E-state index contributed by atoms with van der Waals surface area (Å²) in [5.41, 5.74) is 2.52. The number of hydrogen-bond donors (Lipinski definition) is 1. The smallest absolute Gasteiger partial charge is 0.428 e. The highest BCUT2D eigenvalue weighted by Gasteiger charge is 2.32. The van der Waals surface area contributed by atoms with Crippen molar-refractivity contribution < 1.29 is 19.1 Å². The van der Waals surface area contributed by atoms with E-state index in [0.717, 1.165) is 5.71 Å². The average molecular weight is 242 g/mol. The number of carbonyl (C=O) groups excluding carboxylic acids is 2. The summed E-state index contributed by atoms with van der Waals surface area (Å²) >= 11 is 0. The van der Waals surface area contributed by atoms with E-state index in [1.807, 2.05) is 0 Å². The lowest BCUT2D eigenvalue weighted by molar-refractivity contribution is -0.145. The normalized spacial score (nSPS) is 19.1. The molecule has 0 unspecified atom stereocenters. The molecule has 1 N–H and O–H groups in total. The maximum atomic E-state index is 11.2. The maximum absolute atomic E-state index is 11.2. The third kappa shape index (κ3) is 4.42. The molecule has 6 heteroatoms. The Morgan fingerprint density at radius 2 is 1.94 bits per heavy atom. The number of amides is 1. The van der Waals surface area contributed by atoms with Crippen LogP contribution in [0.1, 0.15) is 33.6 Å². The van der Waals surface area contributed by atoms with Crippen LogP contribution in [0.4, 0.5) is 4.79 Å². The molecule has 6 nitrogen and oxygen atoms in total. The molecule has 0 bridgehead atoms. The number of ether oxygens (including phenoxy) is 2. The fourth-order valence-corrected chi connectivity index (χ4v) is 1.36. The van der Waals surface area contributed by atoms with Crippen molar-refractivity contribution in [3.8, 4) is 0 Å². The Morgan fingerprint density at radius 3 is 2.41 bits per heavy atom. The lowest BCUT2D eigenvalue weighted by atomic mass is 9.83.